The quantitative estimate of drug-likeness (QED) is 0.816. The summed E-state index contributed by atoms with van der Waals surface area (Å²) in [7, 11) is 1.62. The van der Waals surface area contributed by atoms with Crippen LogP contribution in [-0.2, 0) is 4.79 Å². The Morgan fingerprint density at radius 3 is 2.61 bits per heavy atom. The molecule has 0 radical (unpaired) electrons. The van der Waals surface area contributed by atoms with Gasteiger partial charge in [-0.1, -0.05) is 13.0 Å². The molecule has 1 rings (SSSR count). The van der Waals surface area contributed by atoms with E-state index in [1.54, 1.807) is 45.2 Å². The number of nitriles is 2. The van der Waals surface area contributed by atoms with Gasteiger partial charge in [-0.2, -0.15) is 10.5 Å². The van der Waals surface area contributed by atoms with Gasteiger partial charge >= 0.3 is 0 Å². The first-order valence-electron chi connectivity index (χ1n) is 5.68. The summed E-state index contributed by atoms with van der Waals surface area (Å²) in [6.45, 7) is 3.43. The van der Waals surface area contributed by atoms with Crippen LogP contribution < -0.4 is 4.90 Å². The first-order chi connectivity index (χ1) is 8.48. The van der Waals surface area contributed by atoms with E-state index in [4.69, 9.17) is 10.5 Å². The standard InChI is InChI=1S/C14H15N3O/c1-4-14(2,10-16)13(18)17(3)12-7-5-6-11(8-12)9-15/h5-8H,4H2,1-3H3. The molecule has 0 spiro atoms. The summed E-state index contributed by atoms with van der Waals surface area (Å²) in [5.74, 6) is -0.261. The van der Waals surface area contributed by atoms with Crippen molar-refractivity contribution < 1.29 is 4.79 Å². The van der Waals surface area contributed by atoms with Crippen molar-refractivity contribution in [3.05, 3.63) is 29.8 Å². The van der Waals surface area contributed by atoms with Crippen molar-refractivity contribution in [1.29, 1.82) is 10.5 Å². The highest BCUT2D eigenvalue weighted by Gasteiger charge is 2.34. The molecule has 1 unspecified atom stereocenters. The Hall–Kier alpha value is -2.33. The molecule has 0 bridgehead atoms. The minimum absolute atomic E-state index is 0.261. The molecule has 0 aliphatic heterocycles. The Bertz CT molecular complexity index is 539. The fourth-order valence-corrected chi connectivity index (χ4v) is 1.55. The number of carbonyl (C=O) groups excluding carboxylic acids is 1. The van der Waals surface area contributed by atoms with E-state index < -0.39 is 5.41 Å². The van der Waals surface area contributed by atoms with E-state index in [9.17, 15) is 4.79 Å². The summed E-state index contributed by atoms with van der Waals surface area (Å²) in [5, 5.41) is 17.9. The number of hydrogen-bond acceptors (Lipinski definition) is 3. The van der Waals surface area contributed by atoms with Crippen LogP contribution in [0.1, 0.15) is 25.8 Å². The van der Waals surface area contributed by atoms with Crippen LogP contribution in [0.15, 0.2) is 24.3 Å². The van der Waals surface area contributed by atoms with Crippen molar-refractivity contribution in [3.63, 3.8) is 0 Å². The summed E-state index contributed by atoms with van der Waals surface area (Å²) in [6, 6.07) is 10.8. The normalized spacial score (nSPS) is 12.9. The highest BCUT2D eigenvalue weighted by molar-refractivity contribution is 5.98. The van der Waals surface area contributed by atoms with E-state index in [-0.39, 0.29) is 5.91 Å². The smallest absolute Gasteiger partial charge is 0.246 e. The maximum atomic E-state index is 12.2. The molecule has 0 heterocycles. The molecule has 0 saturated heterocycles. The highest BCUT2D eigenvalue weighted by atomic mass is 16.2. The van der Waals surface area contributed by atoms with Crippen LogP contribution in [0.2, 0.25) is 0 Å². The largest absolute Gasteiger partial charge is 0.314 e. The molecule has 0 fully saturated rings. The van der Waals surface area contributed by atoms with Crippen LogP contribution in [0.4, 0.5) is 5.69 Å². The molecule has 4 heteroatoms. The molecule has 0 saturated carbocycles. The molecule has 1 atom stereocenters. The molecule has 0 N–H and O–H groups in total. The van der Waals surface area contributed by atoms with Crippen molar-refractivity contribution >= 4 is 11.6 Å². The Labute approximate surface area is 107 Å². The van der Waals surface area contributed by atoms with E-state index in [2.05, 4.69) is 6.07 Å². The van der Waals surface area contributed by atoms with Gasteiger partial charge < -0.3 is 4.90 Å². The molecule has 0 aromatic heterocycles. The van der Waals surface area contributed by atoms with Crippen LogP contribution >= 0.6 is 0 Å². The van der Waals surface area contributed by atoms with Gasteiger partial charge in [-0.05, 0) is 31.5 Å². The van der Waals surface area contributed by atoms with Crippen molar-refractivity contribution in [1.82, 2.24) is 0 Å². The first kappa shape index (κ1) is 13.7. The molecule has 4 nitrogen and oxygen atoms in total. The Morgan fingerprint density at radius 1 is 1.44 bits per heavy atom. The van der Waals surface area contributed by atoms with E-state index >= 15 is 0 Å². The third-order valence-electron chi connectivity index (χ3n) is 3.09. The number of nitrogens with zero attached hydrogens (tertiary/aromatic N) is 3. The molecule has 0 aliphatic carbocycles. The van der Waals surface area contributed by atoms with Gasteiger partial charge in [0, 0.05) is 12.7 Å². The zero-order valence-electron chi connectivity index (χ0n) is 10.8. The minimum Gasteiger partial charge on any atom is -0.314 e. The van der Waals surface area contributed by atoms with Gasteiger partial charge in [-0.25, -0.2) is 0 Å². The van der Waals surface area contributed by atoms with Crippen molar-refractivity contribution in [2.24, 2.45) is 5.41 Å². The number of carbonyl (C=O) groups is 1. The summed E-state index contributed by atoms with van der Waals surface area (Å²) in [6.07, 6.45) is 0.449. The van der Waals surface area contributed by atoms with E-state index in [0.29, 0.717) is 17.7 Å². The molecule has 0 aliphatic rings. The van der Waals surface area contributed by atoms with Crippen LogP contribution in [-0.4, -0.2) is 13.0 Å². The Kier molecular flexibility index (Phi) is 4.07. The third kappa shape index (κ3) is 2.49. The van der Waals surface area contributed by atoms with Crippen molar-refractivity contribution in [3.8, 4) is 12.1 Å². The van der Waals surface area contributed by atoms with Gasteiger partial charge in [0.25, 0.3) is 0 Å². The van der Waals surface area contributed by atoms with Crippen molar-refractivity contribution in [2.45, 2.75) is 20.3 Å². The molecule has 1 aromatic carbocycles. The number of rotatable bonds is 3. The summed E-state index contributed by atoms with van der Waals surface area (Å²) >= 11 is 0. The van der Waals surface area contributed by atoms with Gasteiger partial charge in [-0.15, -0.1) is 0 Å². The van der Waals surface area contributed by atoms with Crippen LogP contribution in [0.5, 0.6) is 0 Å². The number of anilines is 1. The molecule has 92 valence electrons. The van der Waals surface area contributed by atoms with Gasteiger partial charge in [0.1, 0.15) is 5.41 Å². The lowest BCUT2D eigenvalue weighted by atomic mass is 9.87. The predicted molar refractivity (Wildman–Crippen MR) is 68.6 cm³/mol. The molecule has 1 amide bonds. The predicted octanol–water partition coefficient (Wildman–Crippen LogP) is 2.46. The summed E-state index contributed by atoms with van der Waals surface area (Å²) < 4.78 is 0. The van der Waals surface area contributed by atoms with Gasteiger partial charge in [-0.3, -0.25) is 4.79 Å². The number of amides is 1. The fraction of sp³-hybridized carbons (Fsp3) is 0.357. The molecular weight excluding hydrogens is 226 g/mol. The minimum atomic E-state index is -1.03. The SMILES string of the molecule is CCC(C)(C#N)C(=O)N(C)c1cccc(C#N)c1. The van der Waals surface area contributed by atoms with Crippen LogP contribution in [0.3, 0.4) is 0 Å². The maximum Gasteiger partial charge on any atom is 0.246 e. The van der Waals surface area contributed by atoms with E-state index in [1.807, 2.05) is 6.07 Å². The lowest BCUT2D eigenvalue weighted by Gasteiger charge is -2.26. The van der Waals surface area contributed by atoms with E-state index in [0.717, 1.165) is 0 Å². The first-order valence-corrected chi connectivity index (χ1v) is 5.68. The second kappa shape index (κ2) is 5.33. The summed E-state index contributed by atoms with van der Waals surface area (Å²) in [4.78, 5) is 13.7. The molecule has 18 heavy (non-hydrogen) atoms. The zero-order chi connectivity index (χ0) is 13.8. The second-order valence-electron chi connectivity index (χ2n) is 4.32. The second-order valence-corrected chi connectivity index (χ2v) is 4.32. The van der Waals surface area contributed by atoms with Crippen molar-refractivity contribution in [2.75, 3.05) is 11.9 Å². The van der Waals surface area contributed by atoms with Crippen LogP contribution in [0, 0.1) is 28.1 Å². The fourth-order valence-electron chi connectivity index (χ4n) is 1.55. The number of benzene rings is 1. The van der Waals surface area contributed by atoms with E-state index in [1.165, 1.54) is 4.90 Å². The molecular formula is C14H15N3O. The average molecular weight is 241 g/mol. The van der Waals surface area contributed by atoms with Gasteiger partial charge in [0.15, 0.2) is 0 Å². The Morgan fingerprint density at radius 2 is 2.11 bits per heavy atom. The topological polar surface area (TPSA) is 67.9 Å². The third-order valence-corrected chi connectivity index (χ3v) is 3.09. The van der Waals surface area contributed by atoms with Crippen LogP contribution in [0.25, 0.3) is 0 Å². The zero-order valence-corrected chi connectivity index (χ0v) is 10.8. The van der Waals surface area contributed by atoms with Gasteiger partial charge in [0.05, 0.1) is 17.7 Å². The number of hydrogen-bond donors (Lipinski definition) is 0. The average Bonchev–Trinajstić information content (AvgIpc) is 2.44. The highest BCUT2D eigenvalue weighted by Crippen LogP contribution is 2.26. The lowest BCUT2D eigenvalue weighted by molar-refractivity contribution is -0.124. The lowest BCUT2D eigenvalue weighted by Crippen LogP contribution is -2.39. The maximum absolute atomic E-state index is 12.2. The summed E-state index contributed by atoms with van der Waals surface area (Å²) in [5.41, 5.74) is 0.0773. The monoisotopic (exact) mass is 241 g/mol. The Balaban J connectivity index is 3.08. The molecule has 1 aromatic rings. The van der Waals surface area contributed by atoms with Gasteiger partial charge in [0.2, 0.25) is 5.91 Å².